The summed E-state index contributed by atoms with van der Waals surface area (Å²) in [6.45, 7) is 0.401. The molecule has 0 unspecified atom stereocenters. The molecule has 1 aromatic rings. The van der Waals surface area contributed by atoms with Crippen molar-refractivity contribution in [2.45, 2.75) is 37.6 Å². The van der Waals surface area contributed by atoms with Crippen molar-refractivity contribution in [3.05, 3.63) is 18.2 Å². The largest absolute Gasteiger partial charge is 0.462 e. The van der Waals surface area contributed by atoms with Crippen molar-refractivity contribution in [2.75, 3.05) is 6.61 Å². The van der Waals surface area contributed by atoms with Crippen LogP contribution < -0.4 is 10.5 Å². The fraction of sp³-hybridized carbons (Fsp3) is 0.636. The minimum Gasteiger partial charge on any atom is -0.462 e. The van der Waals surface area contributed by atoms with Gasteiger partial charge in [0.05, 0.1) is 17.9 Å². The van der Waals surface area contributed by atoms with E-state index in [-0.39, 0.29) is 11.5 Å². The van der Waals surface area contributed by atoms with Crippen LogP contribution in [0.4, 0.5) is 4.39 Å². The smallest absolute Gasteiger partial charge is 0.316 e. The predicted molar refractivity (Wildman–Crippen MR) is 57.5 cm³/mol. The molecule has 0 saturated heterocycles. The molecule has 1 aliphatic carbocycles. The van der Waals surface area contributed by atoms with Crippen LogP contribution in [0, 0.1) is 5.82 Å². The van der Waals surface area contributed by atoms with E-state index in [0.717, 1.165) is 38.1 Å². The van der Waals surface area contributed by atoms with E-state index in [2.05, 4.69) is 9.97 Å². The van der Waals surface area contributed by atoms with Crippen LogP contribution >= 0.6 is 0 Å². The van der Waals surface area contributed by atoms with Gasteiger partial charge in [-0.05, 0) is 12.8 Å². The van der Waals surface area contributed by atoms with E-state index in [4.69, 9.17) is 10.5 Å². The van der Waals surface area contributed by atoms with Crippen LogP contribution in [-0.4, -0.2) is 22.1 Å². The van der Waals surface area contributed by atoms with E-state index >= 15 is 0 Å². The third-order valence-electron chi connectivity index (χ3n) is 2.93. The monoisotopic (exact) mass is 225 g/mol. The minimum absolute atomic E-state index is 0.191. The standard InChI is InChI=1S/C11H16FN3O/c12-9-6-14-10(15-7-9)16-8-11(13)4-2-1-3-5-11/h6-7H,1-5,8,13H2. The number of ether oxygens (including phenoxy) is 1. The average Bonchev–Trinajstić information content (AvgIpc) is 2.29. The Bertz CT molecular complexity index is 336. The molecule has 88 valence electrons. The van der Waals surface area contributed by atoms with Gasteiger partial charge in [-0.2, -0.15) is 0 Å². The zero-order chi connectivity index (χ0) is 11.4. The van der Waals surface area contributed by atoms with Gasteiger partial charge in [0.25, 0.3) is 0 Å². The summed E-state index contributed by atoms with van der Waals surface area (Å²) in [5, 5.41) is 0. The van der Waals surface area contributed by atoms with Crippen molar-refractivity contribution < 1.29 is 9.13 Å². The summed E-state index contributed by atoms with van der Waals surface area (Å²) in [7, 11) is 0. The summed E-state index contributed by atoms with van der Waals surface area (Å²) in [4.78, 5) is 7.46. The lowest BCUT2D eigenvalue weighted by atomic mass is 9.83. The Labute approximate surface area is 94.0 Å². The lowest BCUT2D eigenvalue weighted by Gasteiger charge is -2.32. The summed E-state index contributed by atoms with van der Waals surface area (Å²) < 4.78 is 17.9. The summed E-state index contributed by atoms with van der Waals surface area (Å²) >= 11 is 0. The van der Waals surface area contributed by atoms with Crippen LogP contribution in [-0.2, 0) is 0 Å². The minimum atomic E-state index is -0.465. The molecule has 1 saturated carbocycles. The predicted octanol–water partition coefficient (Wildman–Crippen LogP) is 1.66. The molecule has 2 N–H and O–H groups in total. The maximum absolute atomic E-state index is 12.6. The number of nitrogens with zero attached hydrogens (tertiary/aromatic N) is 2. The van der Waals surface area contributed by atoms with E-state index in [1.165, 1.54) is 6.42 Å². The van der Waals surface area contributed by atoms with Crippen molar-refractivity contribution in [3.63, 3.8) is 0 Å². The average molecular weight is 225 g/mol. The quantitative estimate of drug-likeness (QED) is 0.849. The van der Waals surface area contributed by atoms with Crippen molar-refractivity contribution in [2.24, 2.45) is 5.73 Å². The van der Waals surface area contributed by atoms with E-state index in [1.54, 1.807) is 0 Å². The van der Waals surface area contributed by atoms with E-state index in [1.807, 2.05) is 0 Å². The van der Waals surface area contributed by atoms with Crippen molar-refractivity contribution in [1.82, 2.24) is 9.97 Å². The third kappa shape index (κ3) is 2.88. The first-order valence-electron chi connectivity index (χ1n) is 5.57. The van der Waals surface area contributed by atoms with Crippen LogP contribution in [0.5, 0.6) is 6.01 Å². The molecular formula is C11H16FN3O. The van der Waals surface area contributed by atoms with Gasteiger partial charge >= 0.3 is 6.01 Å². The highest BCUT2D eigenvalue weighted by Crippen LogP contribution is 2.26. The van der Waals surface area contributed by atoms with Crippen molar-refractivity contribution in [1.29, 1.82) is 0 Å². The normalized spacial score (nSPS) is 19.4. The van der Waals surface area contributed by atoms with Crippen molar-refractivity contribution >= 4 is 0 Å². The molecular weight excluding hydrogens is 209 g/mol. The molecule has 0 spiro atoms. The molecule has 0 radical (unpaired) electrons. The van der Waals surface area contributed by atoms with Gasteiger partial charge in [0.1, 0.15) is 6.61 Å². The molecule has 1 aromatic heterocycles. The maximum atomic E-state index is 12.6. The lowest BCUT2D eigenvalue weighted by molar-refractivity contribution is 0.163. The van der Waals surface area contributed by atoms with Crippen molar-refractivity contribution in [3.8, 4) is 6.01 Å². The Morgan fingerprint density at radius 1 is 1.25 bits per heavy atom. The SMILES string of the molecule is NC1(COc2ncc(F)cn2)CCCCC1. The zero-order valence-electron chi connectivity index (χ0n) is 9.16. The second-order valence-corrected chi connectivity index (χ2v) is 4.40. The van der Waals surface area contributed by atoms with Gasteiger partial charge in [-0.25, -0.2) is 14.4 Å². The first-order valence-corrected chi connectivity index (χ1v) is 5.57. The van der Waals surface area contributed by atoms with Crippen LogP contribution in [0.2, 0.25) is 0 Å². The van der Waals surface area contributed by atoms with Crippen LogP contribution in [0.1, 0.15) is 32.1 Å². The number of halogens is 1. The lowest BCUT2D eigenvalue weighted by Crippen LogP contribution is -2.47. The first-order chi connectivity index (χ1) is 7.68. The Morgan fingerprint density at radius 2 is 1.88 bits per heavy atom. The molecule has 1 heterocycles. The Hall–Kier alpha value is -1.23. The number of hydrogen-bond acceptors (Lipinski definition) is 4. The topological polar surface area (TPSA) is 61.0 Å². The van der Waals surface area contributed by atoms with Gasteiger partial charge < -0.3 is 10.5 Å². The van der Waals surface area contributed by atoms with E-state index in [9.17, 15) is 4.39 Å². The number of aromatic nitrogens is 2. The summed E-state index contributed by atoms with van der Waals surface area (Å²) in [5.74, 6) is -0.465. The first kappa shape index (κ1) is 11.3. The second kappa shape index (κ2) is 4.74. The molecule has 16 heavy (non-hydrogen) atoms. The van der Waals surface area contributed by atoms with Gasteiger partial charge in [0.2, 0.25) is 0 Å². The Morgan fingerprint density at radius 3 is 2.50 bits per heavy atom. The van der Waals surface area contributed by atoms with Crippen LogP contribution in [0.15, 0.2) is 12.4 Å². The molecule has 1 fully saturated rings. The van der Waals surface area contributed by atoms with Crippen LogP contribution in [0.25, 0.3) is 0 Å². The molecule has 0 aliphatic heterocycles. The molecule has 4 nitrogen and oxygen atoms in total. The molecule has 0 aromatic carbocycles. The Balaban J connectivity index is 1.88. The maximum Gasteiger partial charge on any atom is 0.316 e. The summed E-state index contributed by atoms with van der Waals surface area (Å²) in [6, 6.07) is 0.191. The fourth-order valence-electron chi connectivity index (χ4n) is 1.98. The molecule has 0 atom stereocenters. The highest BCUT2D eigenvalue weighted by molar-refractivity contribution is 4.97. The number of rotatable bonds is 3. The van der Waals surface area contributed by atoms with Gasteiger partial charge in [0.15, 0.2) is 5.82 Å². The van der Waals surface area contributed by atoms with Gasteiger partial charge in [-0.15, -0.1) is 0 Å². The fourth-order valence-corrected chi connectivity index (χ4v) is 1.98. The second-order valence-electron chi connectivity index (χ2n) is 4.40. The van der Waals surface area contributed by atoms with Gasteiger partial charge in [-0.1, -0.05) is 19.3 Å². The number of nitrogens with two attached hydrogens (primary N) is 1. The molecule has 2 rings (SSSR count). The van der Waals surface area contributed by atoms with Gasteiger partial charge in [0, 0.05) is 0 Å². The highest BCUT2D eigenvalue weighted by Gasteiger charge is 2.28. The summed E-state index contributed by atoms with van der Waals surface area (Å²) in [6.07, 6.45) is 7.64. The van der Waals surface area contributed by atoms with E-state index in [0.29, 0.717) is 6.61 Å². The Kier molecular flexibility index (Phi) is 3.33. The molecule has 5 heteroatoms. The third-order valence-corrected chi connectivity index (χ3v) is 2.93. The molecule has 1 aliphatic rings. The van der Waals surface area contributed by atoms with Crippen LogP contribution in [0.3, 0.4) is 0 Å². The zero-order valence-corrected chi connectivity index (χ0v) is 9.16. The molecule has 0 bridgehead atoms. The summed E-state index contributed by atoms with van der Waals surface area (Å²) in [5.41, 5.74) is 5.91. The van der Waals surface area contributed by atoms with E-state index < -0.39 is 5.82 Å². The van der Waals surface area contributed by atoms with Gasteiger partial charge in [-0.3, -0.25) is 0 Å². The highest BCUT2D eigenvalue weighted by atomic mass is 19.1. The molecule has 0 amide bonds. The number of hydrogen-bond donors (Lipinski definition) is 1.